The number of nitrogens with one attached hydrogen (secondary N) is 2. The number of hydrogen-bond acceptors (Lipinski definition) is 6. The first-order chi connectivity index (χ1) is 10.9. The molecule has 1 saturated heterocycles. The fourth-order valence-electron chi connectivity index (χ4n) is 2.43. The summed E-state index contributed by atoms with van der Waals surface area (Å²) in [5.74, 6) is 0.216. The van der Waals surface area contributed by atoms with Crippen molar-refractivity contribution < 1.29 is 13.2 Å². The van der Waals surface area contributed by atoms with Crippen LogP contribution in [0.3, 0.4) is 0 Å². The van der Waals surface area contributed by atoms with E-state index in [9.17, 15) is 13.2 Å². The minimum atomic E-state index is -4.51. The number of aromatic nitrogens is 3. The Morgan fingerprint density at radius 2 is 1.84 bits per heavy atom. The Bertz CT molecular complexity index is 689. The molecular weight excluding hydrogens is 398 g/mol. The van der Waals surface area contributed by atoms with Crippen molar-refractivity contribution in [3.8, 4) is 10.7 Å². The highest BCUT2D eigenvalue weighted by atomic mass is 35.5. The fraction of sp³-hybridized carbons (Fsp3) is 0.500. The molecule has 0 unspecified atom stereocenters. The molecule has 0 spiro atoms. The minimum Gasteiger partial charge on any atom is -0.351 e. The van der Waals surface area contributed by atoms with Crippen LogP contribution in [-0.4, -0.2) is 34.1 Å². The molecule has 11 heteroatoms. The van der Waals surface area contributed by atoms with Gasteiger partial charge in [0.25, 0.3) is 0 Å². The van der Waals surface area contributed by atoms with Crippen molar-refractivity contribution in [3.05, 3.63) is 22.8 Å². The summed E-state index contributed by atoms with van der Waals surface area (Å²) in [6.45, 7) is 3.54. The SMILES string of the molecule is Cc1cnc(-c2nc(NC3CCNCC3)ncc2C(F)(F)F)s1.Cl.Cl. The molecule has 1 fully saturated rings. The maximum atomic E-state index is 13.2. The van der Waals surface area contributed by atoms with Crippen molar-refractivity contribution in [2.75, 3.05) is 18.4 Å². The van der Waals surface area contributed by atoms with Crippen LogP contribution in [0.2, 0.25) is 0 Å². The van der Waals surface area contributed by atoms with E-state index in [0.717, 1.165) is 37.0 Å². The third-order valence-electron chi connectivity index (χ3n) is 3.59. The van der Waals surface area contributed by atoms with E-state index in [-0.39, 0.29) is 47.5 Å². The van der Waals surface area contributed by atoms with E-state index in [1.807, 2.05) is 0 Å². The number of anilines is 1. The summed E-state index contributed by atoms with van der Waals surface area (Å²) < 4.78 is 39.6. The molecular formula is C14H18Cl2F3N5S. The number of aryl methyl sites for hydroxylation is 1. The molecule has 0 radical (unpaired) electrons. The van der Waals surface area contributed by atoms with Crippen molar-refractivity contribution in [2.45, 2.75) is 32.0 Å². The highest BCUT2D eigenvalue weighted by Crippen LogP contribution is 2.37. The van der Waals surface area contributed by atoms with Crippen LogP contribution in [0.15, 0.2) is 12.4 Å². The van der Waals surface area contributed by atoms with Crippen molar-refractivity contribution in [2.24, 2.45) is 0 Å². The van der Waals surface area contributed by atoms with Gasteiger partial charge in [-0.05, 0) is 32.9 Å². The molecule has 5 nitrogen and oxygen atoms in total. The number of piperidine rings is 1. The number of rotatable bonds is 3. The largest absolute Gasteiger partial charge is 0.420 e. The summed E-state index contributed by atoms with van der Waals surface area (Å²) in [6, 6.07) is 0.166. The lowest BCUT2D eigenvalue weighted by molar-refractivity contribution is -0.137. The molecule has 0 saturated carbocycles. The van der Waals surface area contributed by atoms with Gasteiger partial charge in [0.05, 0.1) is 0 Å². The molecule has 0 bridgehead atoms. The summed E-state index contributed by atoms with van der Waals surface area (Å²) in [5.41, 5.74) is -1.02. The number of nitrogens with zero attached hydrogens (tertiary/aromatic N) is 3. The standard InChI is InChI=1S/C14H16F3N5S.2ClH/c1-8-6-19-12(23-8)11-10(14(15,16)17)7-20-13(22-11)21-9-2-4-18-5-3-9;;/h6-7,9,18H,2-5H2,1H3,(H,20,21,22);2*1H. The van der Waals surface area contributed by atoms with E-state index in [0.29, 0.717) is 0 Å². The van der Waals surface area contributed by atoms with Crippen LogP contribution in [0.4, 0.5) is 19.1 Å². The number of halogens is 5. The average Bonchev–Trinajstić information content (AvgIpc) is 2.94. The Morgan fingerprint density at radius 1 is 1.16 bits per heavy atom. The zero-order chi connectivity index (χ0) is 16.4. The van der Waals surface area contributed by atoms with Crippen molar-refractivity contribution in [1.29, 1.82) is 0 Å². The highest BCUT2D eigenvalue weighted by molar-refractivity contribution is 7.14. The first-order valence-electron chi connectivity index (χ1n) is 7.28. The minimum absolute atomic E-state index is 0. The molecule has 2 aromatic heterocycles. The summed E-state index contributed by atoms with van der Waals surface area (Å²) in [5, 5.41) is 6.61. The molecule has 3 heterocycles. The lowest BCUT2D eigenvalue weighted by atomic mass is 10.1. The Morgan fingerprint density at radius 3 is 2.40 bits per heavy atom. The lowest BCUT2D eigenvalue weighted by Gasteiger charge is -2.24. The van der Waals surface area contributed by atoms with Gasteiger partial charge in [0.2, 0.25) is 5.95 Å². The molecule has 0 aromatic carbocycles. The van der Waals surface area contributed by atoms with Crippen LogP contribution >= 0.6 is 36.2 Å². The van der Waals surface area contributed by atoms with Crippen LogP contribution in [0.5, 0.6) is 0 Å². The zero-order valence-corrected chi connectivity index (χ0v) is 15.7. The number of hydrogen-bond donors (Lipinski definition) is 2. The Balaban J connectivity index is 0.00000156. The second-order valence-corrected chi connectivity index (χ2v) is 6.63. The second kappa shape index (κ2) is 8.98. The van der Waals surface area contributed by atoms with Gasteiger partial charge in [-0.3, -0.25) is 0 Å². The highest BCUT2D eigenvalue weighted by Gasteiger charge is 2.36. The molecule has 140 valence electrons. The van der Waals surface area contributed by atoms with Crippen LogP contribution in [0.25, 0.3) is 10.7 Å². The molecule has 2 N–H and O–H groups in total. The normalized spacial score (nSPS) is 15.2. The fourth-order valence-corrected chi connectivity index (χ4v) is 3.20. The topological polar surface area (TPSA) is 62.7 Å². The van der Waals surface area contributed by atoms with Gasteiger partial charge in [0.15, 0.2) is 0 Å². The molecule has 1 aliphatic rings. The van der Waals surface area contributed by atoms with Crippen LogP contribution in [0, 0.1) is 6.92 Å². The van der Waals surface area contributed by atoms with Crippen LogP contribution in [-0.2, 0) is 6.18 Å². The summed E-state index contributed by atoms with van der Waals surface area (Å²) in [7, 11) is 0. The first-order valence-corrected chi connectivity index (χ1v) is 8.09. The van der Waals surface area contributed by atoms with Crippen LogP contribution in [0.1, 0.15) is 23.3 Å². The Labute approximate surface area is 159 Å². The van der Waals surface area contributed by atoms with Gasteiger partial charge in [-0.1, -0.05) is 0 Å². The van der Waals surface area contributed by atoms with E-state index in [4.69, 9.17) is 0 Å². The summed E-state index contributed by atoms with van der Waals surface area (Å²) >= 11 is 1.19. The molecule has 0 atom stereocenters. The number of alkyl halides is 3. The predicted molar refractivity (Wildman–Crippen MR) is 96.9 cm³/mol. The second-order valence-electron chi connectivity index (χ2n) is 5.40. The van der Waals surface area contributed by atoms with E-state index in [1.54, 1.807) is 13.1 Å². The van der Waals surface area contributed by atoms with Gasteiger partial charge >= 0.3 is 6.18 Å². The van der Waals surface area contributed by atoms with Gasteiger partial charge in [0.1, 0.15) is 16.3 Å². The van der Waals surface area contributed by atoms with Gasteiger partial charge in [-0.2, -0.15) is 13.2 Å². The third kappa shape index (κ3) is 5.40. The molecule has 1 aliphatic heterocycles. The molecule has 2 aromatic rings. The molecule has 25 heavy (non-hydrogen) atoms. The smallest absolute Gasteiger partial charge is 0.351 e. The monoisotopic (exact) mass is 415 g/mol. The van der Waals surface area contributed by atoms with Gasteiger partial charge in [0, 0.05) is 23.3 Å². The van der Waals surface area contributed by atoms with Gasteiger partial charge in [-0.25, -0.2) is 15.0 Å². The quantitative estimate of drug-likeness (QED) is 0.794. The van der Waals surface area contributed by atoms with E-state index in [2.05, 4.69) is 25.6 Å². The Hall–Kier alpha value is -1.16. The lowest BCUT2D eigenvalue weighted by Crippen LogP contribution is -2.35. The maximum absolute atomic E-state index is 13.2. The van der Waals surface area contributed by atoms with Crippen molar-refractivity contribution >= 4 is 42.1 Å². The first kappa shape index (κ1) is 21.9. The molecule has 0 amide bonds. The van der Waals surface area contributed by atoms with Crippen molar-refractivity contribution in [1.82, 2.24) is 20.3 Å². The predicted octanol–water partition coefficient (Wildman–Crippen LogP) is 3.93. The molecule has 0 aliphatic carbocycles. The van der Waals surface area contributed by atoms with Crippen LogP contribution < -0.4 is 10.6 Å². The summed E-state index contributed by atoms with van der Waals surface area (Å²) in [6.07, 6.45) is -0.362. The zero-order valence-electron chi connectivity index (χ0n) is 13.3. The average molecular weight is 416 g/mol. The molecule has 3 rings (SSSR count). The van der Waals surface area contributed by atoms with E-state index in [1.165, 1.54) is 11.3 Å². The Kier molecular flexibility index (Phi) is 7.86. The summed E-state index contributed by atoms with van der Waals surface area (Å²) in [4.78, 5) is 12.8. The van der Waals surface area contributed by atoms with Crippen molar-refractivity contribution in [3.63, 3.8) is 0 Å². The van der Waals surface area contributed by atoms with E-state index >= 15 is 0 Å². The maximum Gasteiger partial charge on any atom is 0.420 e. The third-order valence-corrected chi connectivity index (χ3v) is 4.51. The van der Waals surface area contributed by atoms with Gasteiger partial charge < -0.3 is 10.6 Å². The van der Waals surface area contributed by atoms with E-state index < -0.39 is 11.7 Å². The van der Waals surface area contributed by atoms with Gasteiger partial charge in [-0.15, -0.1) is 36.2 Å². The number of thiazole rings is 1.